The lowest BCUT2D eigenvalue weighted by Gasteiger charge is -2.24. The van der Waals surface area contributed by atoms with Gasteiger partial charge in [-0.15, -0.1) is 5.10 Å². The van der Waals surface area contributed by atoms with Gasteiger partial charge in [0.1, 0.15) is 11.9 Å². The van der Waals surface area contributed by atoms with E-state index in [0.29, 0.717) is 11.3 Å². The van der Waals surface area contributed by atoms with Crippen molar-refractivity contribution in [3.8, 4) is 5.69 Å². The lowest BCUT2D eigenvalue weighted by atomic mass is 9.98. The third kappa shape index (κ3) is 3.04. The number of aliphatic carboxylic acids is 1. The number of aromatic nitrogens is 4. The molecule has 1 amide bonds. The monoisotopic (exact) mass is 289 g/mol. The molecule has 110 valence electrons. The molecule has 2 N–H and O–H groups in total. The first-order chi connectivity index (χ1) is 9.96. The SMILES string of the molecule is CCC(C)(NC(=O)c1ccc(-n2cnnn2)cc1)C(=O)O. The fourth-order valence-corrected chi connectivity index (χ4v) is 1.66. The van der Waals surface area contributed by atoms with Crippen LogP contribution in [-0.4, -0.2) is 42.7 Å². The van der Waals surface area contributed by atoms with Crippen molar-refractivity contribution in [3.05, 3.63) is 36.2 Å². The summed E-state index contributed by atoms with van der Waals surface area (Å²) in [7, 11) is 0. The van der Waals surface area contributed by atoms with Crippen LogP contribution in [0.4, 0.5) is 0 Å². The van der Waals surface area contributed by atoms with Gasteiger partial charge in [0.15, 0.2) is 0 Å². The van der Waals surface area contributed by atoms with Crippen LogP contribution >= 0.6 is 0 Å². The number of hydrogen-bond donors (Lipinski definition) is 2. The second-order valence-electron chi connectivity index (χ2n) is 4.75. The van der Waals surface area contributed by atoms with E-state index in [-0.39, 0.29) is 6.42 Å². The molecule has 2 aromatic rings. The molecule has 0 spiro atoms. The molecule has 8 heteroatoms. The minimum atomic E-state index is -1.29. The number of carboxylic acids is 1. The van der Waals surface area contributed by atoms with E-state index in [1.807, 2.05) is 0 Å². The van der Waals surface area contributed by atoms with Gasteiger partial charge in [-0.05, 0) is 48.0 Å². The van der Waals surface area contributed by atoms with E-state index in [1.54, 1.807) is 31.2 Å². The summed E-state index contributed by atoms with van der Waals surface area (Å²) in [6, 6.07) is 6.53. The van der Waals surface area contributed by atoms with Crippen LogP contribution in [0.1, 0.15) is 30.6 Å². The second kappa shape index (κ2) is 5.70. The van der Waals surface area contributed by atoms with Gasteiger partial charge in [-0.2, -0.15) is 0 Å². The third-order valence-corrected chi connectivity index (χ3v) is 3.31. The molecule has 0 saturated carbocycles. The molecular formula is C13H15N5O3. The van der Waals surface area contributed by atoms with E-state index >= 15 is 0 Å². The van der Waals surface area contributed by atoms with Gasteiger partial charge in [0.05, 0.1) is 5.69 Å². The molecule has 2 rings (SSSR count). The molecule has 0 aliphatic carbocycles. The van der Waals surface area contributed by atoms with Gasteiger partial charge in [0.2, 0.25) is 0 Å². The average molecular weight is 289 g/mol. The van der Waals surface area contributed by atoms with Crippen molar-refractivity contribution in [1.82, 2.24) is 25.5 Å². The van der Waals surface area contributed by atoms with Crippen LogP contribution in [0.5, 0.6) is 0 Å². The number of nitrogens with zero attached hydrogens (tertiary/aromatic N) is 4. The van der Waals surface area contributed by atoms with E-state index in [2.05, 4.69) is 20.8 Å². The highest BCUT2D eigenvalue weighted by Gasteiger charge is 2.32. The maximum Gasteiger partial charge on any atom is 0.329 e. The number of amides is 1. The Morgan fingerprint density at radius 3 is 2.48 bits per heavy atom. The van der Waals surface area contributed by atoms with Crippen LogP contribution in [0.2, 0.25) is 0 Å². The summed E-state index contributed by atoms with van der Waals surface area (Å²) < 4.78 is 1.45. The van der Waals surface area contributed by atoms with Crippen LogP contribution in [0, 0.1) is 0 Å². The fraction of sp³-hybridized carbons (Fsp3) is 0.308. The van der Waals surface area contributed by atoms with Gasteiger partial charge >= 0.3 is 5.97 Å². The first-order valence-corrected chi connectivity index (χ1v) is 6.35. The van der Waals surface area contributed by atoms with E-state index in [9.17, 15) is 9.59 Å². The minimum Gasteiger partial charge on any atom is -0.480 e. The maximum atomic E-state index is 12.1. The molecule has 1 atom stereocenters. The quantitative estimate of drug-likeness (QED) is 0.836. The van der Waals surface area contributed by atoms with E-state index in [0.717, 1.165) is 0 Å². The number of carboxylic acid groups (broad SMARTS) is 1. The van der Waals surface area contributed by atoms with Crippen LogP contribution in [0.3, 0.4) is 0 Å². The van der Waals surface area contributed by atoms with Crippen molar-refractivity contribution in [2.45, 2.75) is 25.8 Å². The molecule has 0 fully saturated rings. The van der Waals surface area contributed by atoms with Gasteiger partial charge in [-0.25, -0.2) is 9.48 Å². The molecule has 0 aliphatic heterocycles. The third-order valence-electron chi connectivity index (χ3n) is 3.31. The lowest BCUT2D eigenvalue weighted by Crippen LogP contribution is -2.51. The smallest absolute Gasteiger partial charge is 0.329 e. The van der Waals surface area contributed by atoms with Gasteiger partial charge in [-0.3, -0.25) is 4.79 Å². The molecule has 0 bridgehead atoms. The van der Waals surface area contributed by atoms with Gasteiger partial charge in [0, 0.05) is 5.56 Å². The molecule has 0 saturated heterocycles. The Labute approximate surface area is 120 Å². The summed E-state index contributed by atoms with van der Waals surface area (Å²) >= 11 is 0. The van der Waals surface area contributed by atoms with Crippen LogP contribution in [0.25, 0.3) is 5.69 Å². The Kier molecular flexibility index (Phi) is 3.97. The Morgan fingerprint density at radius 2 is 2.00 bits per heavy atom. The fourth-order valence-electron chi connectivity index (χ4n) is 1.66. The number of carbonyl (C=O) groups is 2. The average Bonchev–Trinajstić information content (AvgIpc) is 3.01. The summed E-state index contributed by atoms with van der Waals surface area (Å²) in [5.41, 5.74) is -0.216. The molecule has 1 heterocycles. The number of carbonyl (C=O) groups excluding carboxylic acids is 1. The highest BCUT2D eigenvalue weighted by atomic mass is 16.4. The van der Waals surface area contributed by atoms with Crippen LogP contribution < -0.4 is 5.32 Å². The van der Waals surface area contributed by atoms with Crippen molar-refractivity contribution < 1.29 is 14.7 Å². The Hall–Kier alpha value is -2.77. The molecule has 0 radical (unpaired) electrons. The Morgan fingerprint density at radius 1 is 1.33 bits per heavy atom. The largest absolute Gasteiger partial charge is 0.480 e. The van der Waals surface area contributed by atoms with Crippen molar-refractivity contribution in [3.63, 3.8) is 0 Å². The number of tetrazole rings is 1. The first-order valence-electron chi connectivity index (χ1n) is 6.35. The van der Waals surface area contributed by atoms with Crippen molar-refractivity contribution in [1.29, 1.82) is 0 Å². The molecular weight excluding hydrogens is 274 g/mol. The molecule has 0 aliphatic rings. The van der Waals surface area contributed by atoms with Crippen LogP contribution in [0.15, 0.2) is 30.6 Å². The maximum absolute atomic E-state index is 12.1. The highest BCUT2D eigenvalue weighted by molar-refractivity contribution is 5.97. The molecule has 1 aromatic carbocycles. The van der Waals surface area contributed by atoms with Crippen molar-refractivity contribution >= 4 is 11.9 Å². The zero-order chi connectivity index (χ0) is 15.5. The molecule has 8 nitrogen and oxygen atoms in total. The van der Waals surface area contributed by atoms with Crippen molar-refractivity contribution in [2.75, 3.05) is 0 Å². The lowest BCUT2D eigenvalue weighted by molar-refractivity contribution is -0.143. The highest BCUT2D eigenvalue weighted by Crippen LogP contribution is 2.13. The zero-order valence-corrected chi connectivity index (χ0v) is 11.6. The van der Waals surface area contributed by atoms with Gasteiger partial charge in [0.25, 0.3) is 5.91 Å². The normalized spacial score (nSPS) is 13.4. The van der Waals surface area contributed by atoms with Crippen LogP contribution in [-0.2, 0) is 4.79 Å². The molecule has 21 heavy (non-hydrogen) atoms. The number of nitrogens with one attached hydrogen (secondary N) is 1. The van der Waals surface area contributed by atoms with Gasteiger partial charge < -0.3 is 10.4 Å². The Balaban J connectivity index is 2.15. The predicted octanol–water partition coefficient (Wildman–Crippen LogP) is 0.645. The molecule has 1 aromatic heterocycles. The van der Waals surface area contributed by atoms with E-state index in [4.69, 9.17) is 5.11 Å². The summed E-state index contributed by atoms with van der Waals surface area (Å²) in [4.78, 5) is 23.3. The van der Waals surface area contributed by atoms with Crippen molar-refractivity contribution in [2.24, 2.45) is 0 Å². The van der Waals surface area contributed by atoms with Gasteiger partial charge in [-0.1, -0.05) is 6.92 Å². The predicted molar refractivity (Wildman–Crippen MR) is 73.0 cm³/mol. The van der Waals surface area contributed by atoms with E-state index < -0.39 is 17.4 Å². The standard InChI is InChI=1S/C13H15N5O3/c1-3-13(2,12(20)21)15-11(19)9-4-6-10(7-5-9)18-8-14-16-17-18/h4-8H,3H2,1-2H3,(H,15,19)(H,20,21). The first kappa shape index (κ1) is 14.6. The number of rotatable bonds is 5. The number of hydrogen-bond acceptors (Lipinski definition) is 5. The summed E-state index contributed by atoms with van der Waals surface area (Å²) in [5.74, 6) is -1.51. The zero-order valence-electron chi connectivity index (χ0n) is 11.6. The summed E-state index contributed by atoms with van der Waals surface area (Å²) in [6.07, 6.45) is 1.73. The minimum absolute atomic E-state index is 0.288. The summed E-state index contributed by atoms with van der Waals surface area (Å²) in [6.45, 7) is 3.18. The molecule has 1 unspecified atom stereocenters. The summed E-state index contributed by atoms with van der Waals surface area (Å²) in [5, 5.41) is 22.5. The topological polar surface area (TPSA) is 110 Å². The second-order valence-corrected chi connectivity index (χ2v) is 4.75. The Bertz CT molecular complexity index is 638. The van der Waals surface area contributed by atoms with E-state index in [1.165, 1.54) is 17.9 Å². The number of benzene rings is 1.